The van der Waals surface area contributed by atoms with Gasteiger partial charge >= 0.3 is 0 Å². The number of nitrogens with zero attached hydrogens (tertiary/aromatic N) is 2. The molecule has 1 rings (SSSR count). The number of aromatic nitrogens is 1. The van der Waals surface area contributed by atoms with Crippen LogP contribution in [0.25, 0.3) is 0 Å². The Kier molecular flexibility index (Phi) is 5.65. The van der Waals surface area contributed by atoms with Gasteiger partial charge in [0.15, 0.2) is 0 Å². The second-order valence-corrected chi connectivity index (χ2v) is 4.69. The number of halogens is 1. The monoisotopic (exact) mass is 270 g/mol. The molecule has 0 unspecified atom stereocenters. The lowest BCUT2D eigenvalue weighted by Crippen LogP contribution is -1.84. The Hall–Kier alpha value is -0.530. The Morgan fingerprint density at radius 1 is 1.50 bits per heavy atom. The number of pyridine rings is 1. The maximum absolute atomic E-state index is 8.35. The van der Waals surface area contributed by atoms with Gasteiger partial charge in [0.05, 0.1) is 6.07 Å². The third-order valence-electron chi connectivity index (χ3n) is 1.65. The van der Waals surface area contributed by atoms with Crippen LogP contribution >= 0.6 is 27.7 Å². The first-order valence-corrected chi connectivity index (χ1v) is 6.22. The van der Waals surface area contributed by atoms with E-state index in [1.807, 2.05) is 12.1 Å². The Labute approximate surface area is 96.9 Å². The van der Waals surface area contributed by atoms with Crippen LogP contribution in [0.15, 0.2) is 27.8 Å². The fourth-order valence-electron chi connectivity index (χ4n) is 0.952. The SMILES string of the molecule is N#CCCCCSc1ncccc1Br. The molecule has 0 spiro atoms. The Bertz CT molecular complexity index is 322. The van der Waals surface area contributed by atoms with Gasteiger partial charge in [0.25, 0.3) is 0 Å². The first-order valence-electron chi connectivity index (χ1n) is 4.45. The molecule has 2 nitrogen and oxygen atoms in total. The van der Waals surface area contributed by atoms with Crippen molar-refractivity contribution in [1.29, 1.82) is 5.26 Å². The van der Waals surface area contributed by atoms with Crippen LogP contribution in [0.2, 0.25) is 0 Å². The molecule has 0 aliphatic carbocycles. The van der Waals surface area contributed by atoms with Gasteiger partial charge in [-0.15, -0.1) is 11.8 Å². The van der Waals surface area contributed by atoms with E-state index in [4.69, 9.17) is 5.26 Å². The maximum atomic E-state index is 8.35. The van der Waals surface area contributed by atoms with E-state index in [1.54, 1.807) is 18.0 Å². The highest BCUT2D eigenvalue weighted by atomic mass is 79.9. The molecule has 0 aromatic carbocycles. The lowest BCUT2D eigenvalue weighted by Gasteiger charge is -2.01. The average molecular weight is 271 g/mol. The summed E-state index contributed by atoms with van der Waals surface area (Å²) < 4.78 is 1.05. The summed E-state index contributed by atoms with van der Waals surface area (Å²) in [7, 11) is 0. The number of hydrogen-bond donors (Lipinski definition) is 0. The molecule has 0 bridgehead atoms. The zero-order valence-electron chi connectivity index (χ0n) is 7.74. The number of hydrogen-bond acceptors (Lipinski definition) is 3. The standard InChI is InChI=1S/C10H11BrN2S/c11-9-5-4-7-13-10(9)14-8-3-1-2-6-12/h4-5,7H,1-3,8H2. The number of unbranched alkanes of at least 4 members (excludes halogenated alkanes) is 2. The summed E-state index contributed by atoms with van der Waals surface area (Å²) in [6.07, 6.45) is 4.50. The fourth-order valence-corrected chi connectivity index (χ4v) is 2.43. The van der Waals surface area contributed by atoms with Crippen LogP contribution in [0.5, 0.6) is 0 Å². The third kappa shape index (κ3) is 4.12. The van der Waals surface area contributed by atoms with Crippen molar-refractivity contribution in [2.75, 3.05) is 5.75 Å². The molecule has 0 saturated heterocycles. The van der Waals surface area contributed by atoms with Gasteiger partial charge in [-0.25, -0.2) is 4.98 Å². The smallest absolute Gasteiger partial charge is 0.110 e. The second-order valence-electron chi connectivity index (χ2n) is 2.75. The minimum Gasteiger partial charge on any atom is -0.249 e. The summed E-state index contributed by atoms with van der Waals surface area (Å²) in [5.41, 5.74) is 0. The summed E-state index contributed by atoms with van der Waals surface area (Å²) in [6, 6.07) is 6.04. The normalized spacial score (nSPS) is 9.71. The summed E-state index contributed by atoms with van der Waals surface area (Å²) in [5, 5.41) is 9.38. The van der Waals surface area contributed by atoms with Crippen LogP contribution in [-0.2, 0) is 0 Å². The van der Waals surface area contributed by atoms with Crippen molar-refractivity contribution >= 4 is 27.7 Å². The molecule has 0 N–H and O–H groups in total. The maximum Gasteiger partial charge on any atom is 0.110 e. The summed E-state index contributed by atoms with van der Waals surface area (Å²) in [4.78, 5) is 4.25. The molecule has 0 atom stereocenters. The van der Waals surface area contributed by atoms with E-state index in [1.165, 1.54) is 0 Å². The van der Waals surface area contributed by atoms with Crippen molar-refractivity contribution < 1.29 is 0 Å². The molecule has 0 saturated carbocycles. The molecule has 74 valence electrons. The molecule has 0 aliphatic heterocycles. The predicted molar refractivity (Wildman–Crippen MR) is 62.1 cm³/mol. The van der Waals surface area contributed by atoms with Gasteiger partial charge in [-0.1, -0.05) is 0 Å². The fraction of sp³-hybridized carbons (Fsp3) is 0.400. The molecule has 1 aromatic rings. The molecule has 0 radical (unpaired) electrons. The van der Waals surface area contributed by atoms with Crippen LogP contribution < -0.4 is 0 Å². The van der Waals surface area contributed by atoms with Gasteiger partial charge in [-0.2, -0.15) is 5.26 Å². The largest absolute Gasteiger partial charge is 0.249 e. The Morgan fingerprint density at radius 3 is 3.07 bits per heavy atom. The van der Waals surface area contributed by atoms with E-state index in [-0.39, 0.29) is 0 Å². The second kappa shape index (κ2) is 6.86. The van der Waals surface area contributed by atoms with E-state index in [9.17, 15) is 0 Å². The van der Waals surface area contributed by atoms with Gasteiger partial charge in [-0.3, -0.25) is 0 Å². The molecule has 0 amide bonds. The first kappa shape index (κ1) is 11.5. The van der Waals surface area contributed by atoms with Gasteiger partial charge in [-0.05, 0) is 46.7 Å². The van der Waals surface area contributed by atoms with Crippen LogP contribution in [0.4, 0.5) is 0 Å². The molecule has 0 fully saturated rings. The molecule has 1 heterocycles. The number of nitriles is 1. The molecular formula is C10H11BrN2S. The lowest BCUT2D eigenvalue weighted by molar-refractivity contribution is 0.829. The minimum absolute atomic E-state index is 0.657. The van der Waals surface area contributed by atoms with E-state index in [0.717, 1.165) is 28.1 Å². The molecule has 0 aliphatic rings. The van der Waals surface area contributed by atoms with Crippen molar-refractivity contribution in [2.24, 2.45) is 0 Å². The molecule has 14 heavy (non-hydrogen) atoms. The van der Waals surface area contributed by atoms with Crippen LogP contribution in [0, 0.1) is 11.3 Å². The zero-order chi connectivity index (χ0) is 10.2. The van der Waals surface area contributed by atoms with E-state index >= 15 is 0 Å². The van der Waals surface area contributed by atoms with Crippen molar-refractivity contribution in [1.82, 2.24) is 4.98 Å². The highest BCUT2D eigenvalue weighted by molar-refractivity contribution is 9.10. The topological polar surface area (TPSA) is 36.7 Å². The highest BCUT2D eigenvalue weighted by Gasteiger charge is 1.99. The van der Waals surface area contributed by atoms with Gasteiger partial charge in [0.1, 0.15) is 5.03 Å². The lowest BCUT2D eigenvalue weighted by atomic mass is 10.3. The Balaban J connectivity index is 2.25. The first-order chi connectivity index (χ1) is 6.84. The predicted octanol–water partition coefficient (Wildman–Crippen LogP) is 3.63. The Morgan fingerprint density at radius 2 is 2.36 bits per heavy atom. The molecule has 4 heteroatoms. The van der Waals surface area contributed by atoms with Crippen molar-refractivity contribution in [3.8, 4) is 6.07 Å². The van der Waals surface area contributed by atoms with E-state index in [0.29, 0.717) is 6.42 Å². The number of thioether (sulfide) groups is 1. The van der Waals surface area contributed by atoms with Crippen LogP contribution in [-0.4, -0.2) is 10.7 Å². The summed E-state index contributed by atoms with van der Waals surface area (Å²) >= 11 is 5.17. The van der Waals surface area contributed by atoms with Crippen LogP contribution in [0.3, 0.4) is 0 Å². The average Bonchev–Trinajstić information content (AvgIpc) is 2.20. The summed E-state index contributed by atoms with van der Waals surface area (Å²) in [6.45, 7) is 0. The quantitative estimate of drug-likeness (QED) is 0.606. The molecule has 1 aromatic heterocycles. The minimum atomic E-state index is 0.657. The summed E-state index contributed by atoms with van der Waals surface area (Å²) in [5.74, 6) is 1.03. The van der Waals surface area contributed by atoms with Crippen molar-refractivity contribution in [3.05, 3.63) is 22.8 Å². The third-order valence-corrected chi connectivity index (χ3v) is 3.64. The van der Waals surface area contributed by atoms with Crippen molar-refractivity contribution in [3.63, 3.8) is 0 Å². The highest BCUT2D eigenvalue weighted by Crippen LogP contribution is 2.25. The van der Waals surface area contributed by atoms with E-state index < -0.39 is 0 Å². The van der Waals surface area contributed by atoms with Gasteiger partial charge in [0.2, 0.25) is 0 Å². The van der Waals surface area contributed by atoms with Crippen LogP contribution in [0.1, 0.15) is 19.3 Å². The van der Waals surface area contributed by atoms with Crippen molar-refractivity contribution in [2.45, 2.75) is 24.3 Å². The van der Waals surface area contributed by atoms with E-state index in [2.05, 4.69) is 27.0 Å². The molecular weight excluding hydrogens is 260 g/mol. The van der Waals surface area contributed by atoms with Gasteiger partial charge in [0, 0.05) is 17.1 Å². The zero-order valence-corrected chi connectivity index (χ0v) is 10.1. The van der Waals surface area contributed by atoms with Gasteiger partial charge < -0.3 is 0 Å². The number of rotatable bonds is 5.